The van der Waals surface area contributed by atoms with Crippen LogP contribution >= 0.6 is 0 Å². The molecule has 1 aromatic carbocycles. The molecular formula is C26H38N2O6S. The van der Waals surface area contributed by atoms with Gasteiger partial charge >= 0.3 is 5.97 Å². The van der Waals surface area contributed by atoms with Crippen LogP contribution in [0.5, 0.6) is 0 Å². The Bertz CT molecular complexity index is 1020. The summed E-state index contributed by atoms with van der Waals surface area (Å²) in [6.45, 7) is 12.8. The molecule has 1 aliphatic rings. The first-order valence-corrected chi connectivity index (χ1v) is 13.7. The van der Waals surface area contributed by atoms with Crippen molar-refractivity contribution in [2.75, 3.05) is 33.1 Å². The number of aliphatic imine (C=N–C) groups is 1. The van der Waals surface area contributed by atoms with Crippen molar-refractivity contribution in [2.24, 2.45) is 10.4 Å². The first-order valence-electron chi connectivity index (χ1n) is 11.8. The number of carbonyl (C=O) groups excluding carboxylic acids is 1. The predicted molar refractivity (Wildman–Crippen MR) is 138 cm³/mol. The zero-order valence-corrected chi connectivity index (χ0v) is 22.2. The van der Waals surface area contributed by atoms with Gasteiger partial charge in [0, 0.05) is 25.3 Å². The first kappa shape index (κ1) is 28.6. The molecule has 1 heterocycles. The van der Waals surface area contributed by atoms with E-state index in [1.54, 1.807) is 6.92 Å². The number of ether oxygens (including phenoxy) is 3. The van der Waals surface area contributed by atoms with Crippen molar-refractivity contribution in [3.63, 3.8) is 0 Å². The van der Waals surface area contributed by atoms with Crippen molar-refractivity contribution in [1.29, 1.82) is 0 Å². The van der Waals surface area contributed by atoms with Gasteiger partial charge in [0.05, 0.1) is 19.8 Å². The maximum atomic E-state index is 12.5. The highest BCUT2D eigenvalue weighted by atomic mass is 32.2. The molecule has 0 bridgehead atoms. The van der Waals surface area contributed by atoms with E-state index in [0.29, 0.717) is 38.2 Å². The van der Waals surface area contributed by atoms with Gasteiger partial charge in [0.1, 0.15) is 11.6 Å². The van der Waals surface area contributed by atoms with E-state index in [9.17, 15) is 13.2 Å². The molecule has 35 heavy (non-hydrogen) atoms. The van der Waals surface area contributed by atoms with Crippen LogP contribution in [0.25, 0.3) is 5.76 Å². The molecule has 0 unspecified atom stereocenters. The number of benzene rings is 1. The lowest BCUT2D eigenvalue weighted by Gasteiger charge is -2.37. The molecule has 8 nitrogen and oxygen atoms in total. The normalized spacial score (nSPS) is 15.8. The molecule has 0 N–H and O–H groups in total. The fraction of sp³-hybridized carbons (Fsp3) is 0.538. The Hall–Kier alpha value is -2.65. The second kappa shape index (κ2) is 12.9. The maximum Gasteiger partial charge on any atom is 0.306 e. The third-order valence-corrected chi connectivity index (χ3v) is 7.59. The molecule has 0 radical (unpaired) electrons. The smallest absolute Gasteiger partial charge is 0.306 e. The van der Waals surface area contributed by atoms with Crippen LogP contribution in [0.4, 0.5) is 0 Å². The maximum absolute atomic E-state index is 12.5. The summed E-state index contributed by atoms with van der Waals surface area (Å²) in [6.07, 6.45) is 5.07. The summed E-state index contributed by atoms with van der Waals surface area (Å²) in [6, 6.07) is 7.82. The number of aryl methyl sites for hydroxylation is 1. The third-order valence-electron chi connectivity index (χ3n) is 6.34. The summed E-state index contributed by atoms with van der Waals surface area (Å²) in [5.41, 5.74) is 1.74. The van der Waals surface area contributed by atoms with E-state index in [-0.39, 0.29) is 29.6 Å². The predicted octanol–water partition coefficient (Wildman–Crippen LogP) is 4.53. The van der Waals surface area contributed by atoms with Gasteiger partial charge in [-0.25, -0.2) is 13.4 Å². The zero-order valence-electron chi connectivity index (χ0n) is 21.3. The Morgan fingerprint density at radius 1 is 1.20 bits per heavy atom. The Morgan fingerprint density at radius 2 is 1.83 bits per heavy atom. The number of sulfonamides is 1. The van der Waals surface area contributed by atoms with Crippen LogP contribution < -0.4 is 0 Å². The Morgan fingerprint density at radius 3 is 2.37 bits per heavy atom. The topological polar surface area (TPSA) is 94.5 Å². The molecular weight excluding hydrogens is 468 g/mol. The Labute approximate surface area is 209 Å². The van der Waals surface area contributed by atoms with Crippen molar-refractivity contribution < 1.29 is 27.4 Å². The van der Waals surface area contributed by atoms with Crippen molar-refractivity contribution in [1.82, 2.24) is 4.31 Å². The summed E-state index contributed by atoms with van der Waals surface area (Å²) in [7, 11) is -2.20. The van der Waals surface area contributed by atoms with Crippen LogP contribution in [0.2, 0.25) is 0 Å². The quantitative estimate of drug-likeness (QED) is 0.179. The van der Waals surface area contributed by atoms with E-state index in [0.717, 1.165) is 31.1 Å². The number of nitrogens with zero attached hydrogens (tertiary/aromatic N) is 2. The van der Waals surface area contributed by atoms with E-state index in [2.05, 4.69) is 25.1 Å². The van der Waals surface area contributed by atoms with Crippen LogP contribution in [-0.4, -0.2) is 57.7 Å². The minimum atomic E-state index is -3.58. The lowest BCUT2D eigenvalue weighted by Crippen LogP contribution is -2.37. The molecule has 0 amide bonds. The summed E-state index contributed by atoms with van der Waals surface area (Å²) >= 11 is 0. The summed E-state index contributed by atoms with van der Waals surface area (Å²) in [5, 5.41) is 0. The average molecular weight is 507 g/mol. The largest absolute Gasteiger partial charge is 0.469 e. The molecule has 0 saturated carbocycles. The summed E-state index contributed by atoms with van der Waals surface area (Å²) < 4.78 is 42.3. The van der Waals surface area contributed by atoms with Crippen LogP contribution in [0, 0.1) is 5.41 Å². The average Bonchev–Trinajstić information content (AvgIpc) is 2.81. The van der Waals surface area contributed by atoms with Gasteiger partial charge in [-0.1, -0.05) is 37.8 Å². The van der Waals surface area contributed by atoms with E-state index in [1.807, 2.05) is 24.3 Å². The molecule has 0 aromatic heterocycles. The van der Waals surface area contributed by atoms with Gasteiger partial charge < -0.3 is 14.2 Å². The van der Waals surface area contributed by atoms with Crippen molar-refractivity contribution in [2.45, 2.75) is 52.4 Å². The van der Waals surface area contributed by atoms with Crippen molar-refractivity contribution in [3.8, 4) is 0 Å². The molecule has 0 spiro atoms. The zero-order chi connectivity index (χ0) is 26.1. The van der Waals surface area contributed by atoms with Crippen LogP contribution in [0.3, 0.4) is 0 Å². The SMILES string of the molecule is C=C(/N=C(\C)N(CCCC1(CC(=O)OC)CCOCC1)S(C)(=O)=O)OC(=C)c1ccc(CC)cc1. The molecule has 1 fully saturated rings. The highest BCUT2D eigenvalue weighted by Gasteiger charge is 2.35. The van der Waals surface area contributed by atoms with Gasteiger partial charge in [0.2, 0.25) is 15.9 Å². The fourth-order valence-corrected chi connectivity index (χ4v) is 5.23. The first-order chi connectivity index (χ1) is 16.5. The fourth-order valence-electron chi connectivity index (χ4n) is 4.25. The minimum Gasteiger partial charge on any atom is -0.469 e. The van der Waals surface area contributed by atoms with Crippen molar-refractivity contribution in [3.05, 3.63) is 54.4 Å². The highest BCUT2D eigenvalue weighted by molar-refractivity contribution is 7.88. The van der Waals surface area contributed by atoms with Crippen LogP contribution in [0.1, 0.15) is 57.1 Å². The van der Waals surface area contributed by atoms with E-state index in [4.69, 9.17) is 14.2 Å². The number of hydrogen-bond acceptors (Lipinski definition) is 7. The highest BCUT2D eigenvalue weighted by Crippen LogP contribution is 2.39. The van der Waals surface area contributed by atoms with Gasteiger partial charge in [0.15, 0.2) is 0 Å². The number of esters is 1. The Kier molecular flexibility index (Phi) is 10.5. The molecule has 9 heteroatoms. The monoisotopic (exact) mass is 506 g/mol. The van der Waals surface area contributed by atoms with E-state index in [1.165, 1.54) is 17.0 Å². The van der Waals surface area contributed by atoms with Gasteiger partial charge in [-0.3, -0.25) is 9.10 Å². The molecule has 2 rings (SSSR count). The molecule has 1 aromatic rings. The lowest BCUT2D eigenvalue weighted by atomic mass is 9.74. The minimum absolute atomic E-state index is 0.0484. The molecule has 0 aliphatic carbocycles. The number of methoxy groups -OCH3 is 1. The molecule has 1 aliphatic heterocycles. The number of amidine groups is 1. The van der Waals surface area contributed by atoms with E-state index >= 15 is 0 Å². The second-order valence-electron chi connectivity index (χ2n) is 8.93. The number of hydrogen-bond donors (Lipinski definition) is 0. The summed E-state index contributed by atoms with van der Waals surface area (Å²) in [4.78, 5) is 16.3. The van der Waals surface area contributed by atoms with Crippen LogP contribution in [0.15, 0.2) is 48.3 Å². The van der Waals surface area contributed by atoms with Crippen LogP contribution in [-0.2, 0) is 35.4 Å². The van der Waals surface area contributed by atoms with Gasteiger partial charge in [-0.15, -0.1) is 0 Å². The lowest BCUT2D eigenvalue weighted by molar-refractivity contribution is -0.145. The van der Waals surface area contributed by atoms with Gasteiger partial charge in [-0.05, 0) is 56.6 Å². The van der Waals surface area contributed by atoms with Gasteiger partial charge in [-0.2, -0.15) is 0 Å². The van der Waals surface area contributed by atoms with E-state index < -0.39 is 10.0 Å². The second-order valence-corrected chi connectivity index (χ2v) is 10.8. The number of carbonyl (C=O) groups is 1. The molecule has 0 atom stereocenters. The third kappa shape index (κ3) is 8.81. The summed E-state index contributed by atoms with van der Waals surface area (Å²) in [5.74, 6) is 0.417. The molecule has 1 saturated heterocycles. The van der Waals surface area contributed by atoms with Crippen molar-refractivity contribution >= 4 is 27.6 Å². The van der Waals surface area contributed by atoms with Gasteiger partial charge in [0.25, 0.3) is 0 Å². The molecule has 194 valence electrons. The Balaban J connectivity index is 2.05. The number of rotatable bonds is 12. The standard InChI is InChI=1S/C26H38N2O6S/c1-7-23-9-11-24(12-10-23)20(2)34-22(4)27-21(3)28(35(6,30)31)16-8-13-26(19-25(29)32-5)14-17-33-18-15-26/h9-12H,2,4,7-8,13-19H2,1,3,5-6H3/b27-21+.